The van der Waals surface area contributed by atoms with Crippen molar-refractivity contribution >= 4 is 5.91 Å². The van der Waals surface area contributed by atoms with Gasteiger partial charge in [0.25, 0.3) is 5.91 Å². The third-order valence-electron chi connectivity index (χ3n) is 4.61. The molecule has 1 N–H and O–H groups in total. The predicted molar refractivity (Wildman–Crippen MR) is 102 cm³/mol. The molecule has 5 nitrogen and oxygen atoms in total. The summed E-state index contributed by atoms with van der Waals surface area (Å²) >= 11 is 0. The van der Waals surface area contributed by atoms with Gasteiger partial charge in [0.2, 0.25) is 0 Å². The molecule has 0 aliphatic heterocycles. The summed E-state index contributed by atoms with van der Waals surface area (Å²) in [5.74, 6) is 1.40. The molecule has 2 heterocycles. The van der Waals surface area contributed by atoms with Crippen molar-refractivity contribution in [3.05, 3.63) is 70.7 Å². The van der Waals surface area contributed by atoms with E-state index in [1.54, 1.807) is 0 Å². The summed E-state index contributed by atoms with van der Waals surface area (Å²) < 4.78 is 7.11. The van der Waals surface area contributed by atoms with Crippen LogP contribution in [0.15, 0.2) is 47.0 Å². The maximum absolute atomic E-state index is 12.7. The number of rotatable bonds is 6. The Bertz CT molecular complexity index is 893. The standard InChI is InChI=1S/C21H25N3O2/c1-14(10-11-18-8-6-5-7-9-18)22-21(25)19-12-15(2)24(17(19)4)20-13-16(3)26-23-20/h5-9,12-14H,10-11H2,1-4H3,(H,22,25). The Kier molecular flexibility index (Phi) is 5.26. The fourth-order valence-corrected chi connectivity index (χ4v) is 3.21. The van der Waals surface area contributed by atoms with Gasteiger partial charge in [-0.3, -0.25) is 9.36 Å². The number of hydrogen-bond donors (Lipinski definition) is 1. The van der Waals surface area contributed by atoms with Crippen molar-refractivity contribution in [1.82, 2.24) is 15.0 Å². The minimum Gasteiger partial charge on any atom is -0.360 e. The van der Waals surface area contributed by atoms with Gasteiger partial charge in [-0.25, -0.2) is 0 Å². The monoisotopic (exact) mass is 351 g/mol. The summed E-state index contributed by atoms with van der Waals surface area (Å²) in [6, 6.07) is 14.2. The fourth-order valence-electron chi connectivity index (χ4n) is 3.21. The number of aryl methyl sites for hydroxylation is 3. The lowest BCUT2D eigenvalue weighted by atomic mass is 10.1. The highest BCUT2D eigenvalue weighted by atomic mass is 16.5. The van der Waals surface area contributed by atoms with E-state index in [0.29, 0.717) is 11.4 Å². The van der Waals surface area contributed by atoms with E-state index < -0.39 is 0 Å². The van der Waals surface area contributed by atoms with Crippen LogP contribution in [-0.4, -0.2) is 21.7 Å². The van der Waals surface area contributed by atoms with Crippen LogP contribution in [0.5, 0.6) is 0 Å². The minimum absolute atomic E-state index is 0.0508. The van der Waals surface area contributed by atoms with Gasteiger partial charge < -0.3 is 9.84 Å². The zero-order chi connectivity index (χ0) is 18.7. The Balaban J connectivity index is 1.68. The van der Waals surface area contributed by atoms with Crippen LogP contribution in [0, 0.1) is 20.8 Å². The van der Waals surface area contributed by atoms with Gasteiger partial charge in [-0.05, 0) is 52.2 Å². The van der Waals surface area contributed by atoms with Crippen LogP contribution in [0.3, 0.4) is 0 Å². The summed E-state index contributed by atoms with van der Waals surface area (Å²) in [6.07, 6.45) is 1.84. The Hall–Kier alpha value is -2.82. The molecule has 1 unspecified atom stereocenters. The summed E-state index contributed by atoms with van der Waals surface area (Å²) in [7, 11) is 0. The number of aromatic nitrogens is 2. The number of amides is 1. The van der Waals surface area contributed by atoms with Crippen LogP contribution >= 0.6 is 0 Å². The number of hydrogen-bond acceptors (Lipinski definition) is 3. The molecule has 3 rings (SSSR count). The number of nitrogens with one attached hydrogen (secondary N) is 1. The molecule has 0 aliphatic carbocycles. The van der Waals surface area contributed by atoms with Crippen LogP contribution in [-0.2, 0) is 6.42 Å². The Labute approximate surface area is 154 Å². The van der Waals surface area contributed by atoms with Crippen LogP contribution in [0.25, 0.3) is 5.82 Å². The van der Waals surface area contributed by atoms with Gasteiger partial charge in [0.05, 0.1) is 5.56 Å². The molecule has 1 amide bonds. The third-order valence-corrected chi connectivity index (χ3v) is 4.61. The van der Waals surface area contributed by atoms with Crippen LogP contribution in [0.4, 0.5) is 0 Å². The molecular formula is C21H25N3O2. The van der Waals surface area contributed by atoms with E-state index in [4.69, 9.17) is 4.52 Å². The largest absolute Gasteiger partial charge is 0.360 e. The molecule has 0 saturated heterocycles. The van der Waals surface area contributed by atoms with Crippen molar-refractivity contribution < 1.29 is 9.32 Å². The molecule has 26 heavy (non-hydrogen) atoms. The highest BCUT2D eigenvalue weighted by molar-refractivity contribution is 5.96. The molecule has 5 heteroatoms. The van der Waals surface area contributed by atoms with E-state index >= 15 is 0 Å². The summed E-state index contributed by atoms with van der Waals surface area (Å²) in [4.78, 5) is 12.7. The van der Waals surface area contributed by atoms with Gasteiger partial charge in [0.15, 0.2) is 5.82 Å². The molecule has 0 saturated carbocycles. The highest BCUT2D eigenvalue weighted by Gasteiger charge is 2.19. The minimum atomic E-state index is -0.0508. The Morgan fingerprint density at radius 2 is 1.92 bits per heavy atom. The highest BCUT2D eigenvalue weighted by Crippen LogP contribution is 2.21. The lowest BCUT2D eigenvalue weighted by Gasteiger charge is -2.14. The molecule has 0 bridgehead atoms. The first-order valence-corrected chi connectivity index (χ1v) is 8.93. The molecular weight excluding hydrogens is 326 g/mol. The van der Waals surface area contributed by atoms with E-state index in [9.17, 15) is 4.79 Å². The molecule has 2 aromatic heterocycles. The van der Waals surface area contributed by atoms with Gasteiger partial charge in [-0.15, -0.1) is 0 Å². The molecule has 1 atom stereocenters. The third kappa shape index (κ3) is 3.87. The smallest absolute Gasteiger partial charge is 0.253 e. The first-order valence-electron chi connectivity index (χ1n) is 8.93. The predicted octanol–water partition coefficient (Wildman–Crippen LogP) is 4.14. The van der Waals surface area contributed by atoms with Crippen molar-refractivity contribution in [3.63, 3.8) is 0 Å². The van der Waals surface area contributed by atoms with E-state index in [0.717, 1.165) is 30.0 Å². The van der Waals surface area contributed by atoms with Crippen LogP contribution in [0.2, 0.25) is 0 Å². The molecule has 3 aromatic rings. The van der Waals surface area contributed by atoms with Crippen molar-refractivity contribution in [2.75, 3.05) is 0 Å². The SMILES string of the molecule is Cc1cc(-n2c(C)cc(C(=O)NC(C)CCc3ccccc3)c2C)no1. The van der Waals surface area contributed by atoms with Gasteiger partial charge in [0, 0.05) is 23.5 Å². The summed E-state index contributed by atoms with van der Waals surface area (Å²) in [5, 5.41) is 7.17. The van der Waals surface area contributed by atoms with Gasteiger partial charge >= 0.3 is 0 Å². The van der Waals surface area contributed by atoms with E-state index in [1.165, 1.54) is 5.56 Å². The van der Waals surface area contributed by atoms with E-state index in [-0.39, 0.29) is 11.9 Å². The summed E-state index contributed by atoms with van der Waals surface area (Å²) in [5.41, 5.74) is 3.78. The zero-order valence-corrected chi connectivity index (χ0v) is 15.7. The fraction of sp³-hybridized carbons (Fsp3) is 0.333. The molecule has 0 aliphatic rings. The Morgan fingerprint density at radius 3 is 2.58 bits per heavy atom. The number of benzene rings is 1. The quantitative estimate of drug-likeness (QED) is 0.726. The maximum atomic E-state index is 12.7. The van der Waals surface area contributed by atoms with E-state index in [2.05, 4.69) is 22.6 Å². The maximum Gasteiger partial charge on any atom is 0.253 e. The van der Waals surface area contributed by atoms with Crippen molar-refractivity contribution in [2.24, 2.45) is 0 Å². The zero-order valence-electron chi connectivity index (χ0n) is 15.7. The van der Waals surface area contributed by atoms with Crippen LogP contribution < -0.4 is 5.32 Å². The molecule has 0 radical (unpaired) electrons. The van der Waals surface area contributed by atoms with Crippen LogP contribution in [0.1, 0.15) is 46.4 Å². The van der Waals surface area contributed by atoms with Crippen molar-refractivity contribution in [1.29, 1.82) is 0 Å². The lowest BCUT2D eigenvalue weighted by molar-refractivity contribution is 0.0938. The second kappa shape index (κ2) is 7.60. The van der Waals surface area contributed by atoms with E-state index in [1.807, 2.05) is 62.6 Å². The first-order chi connectivity index (χ1) is 12.5. The van der Waals surface area contributed by atoms with Crippen molar-refractivity contribution in [2.45, 2.75) is 46.6 Å². The van der Waals surface area contributed by atoms with Crippen molar-refractivity contribution in [3.8, 4) is 5.82 Å². The number of carbonyl (C=O) groups excluding carboxylic acids is 1. The molecule has 1 aromatic carbocycles. The second-order valence-electron chi connectivity index (χ2n) is 6.81. The average molecular weight is 351 g/mol. The molecule has 0 spiro atoms. The summed E-state index contributed by atoms with van der Waals surface area (Å²) in [6.45, 7) is 7.79. The normalized spacial score (nSPS) is 12.2. The topological polar surface area (TPSA) is 60.1 Å². The average Bonchev–Trinajstić information content (AvgIpc) is 3.16. The van der Waals surface area contributed by atoms with Gasteiger partial charge in [-0.2, -0.15) is 0 Å². The lowest BCUT2D eigenvalue weighted by Crippen LogP contribution is -2.33. The Morgan fingerprint density at radius 1 is 1.19 bits per heavy atom. The first kappa shape index (κ1) is 18.0. The molecule has 0 fully saturated rings. The number of carbonyl (C=O) groups is 1. The number of nitrogens with zero attached hydrogens (tertiary/aromatic N) is 2. The molecule has 136 valence electrons. The second-order valence-corrected chi connectivity index (χ2v) is 6.81. The van der Waals surface area contributed by atoms with Gasteiger partial charge in [0.1, 0.15) is 5.76 Å². The van der Waals surface area contributed by atoms with Gasteiger partial charge in [-0.1, -0.05) is 35.5 Å².